The number of imidazole rings is 1. The van der Waals surface area contributed by atoms with Crippen LogP contribution < -0.4 is 0 Å². The fourth-order valence-corrected chi connectivity index (χ4v) is 2.82. The van der Waals surface area contributed by atoms with Crippen molar-refractivity contribution in [2.75, 3.05) is 39.9 Å². The number of hydrogen-bond acceptors (Lipinski definition) is 4. The summed E-state index contributed by atoms with van der Waals surface area (Å²) in [6, 6.07) is 0.316. The summed E-state index contributed by atoms with van der Waals surface area (Å²) in [6.07, 6.45) is 2.44. The van der Waals surface area contributed by atoms with Crippen LogP contribution in [-0.4, -0.2) is 65.2 Å². The monoisotopic (exact) mass is 278 g/mol. The Balaban J connectivity index is 1.69. The Morgan fingerprint density at radius 2 is 2.10 bits per heavy atom. The Bertz CT molecular complexity index is 493. The first-order valence-electron chi connectivity index (χ1n) is 7.27. The summed E-state index contributed by atoms with van der Waals surface area (Å²) in [5.41, 5.74) is 0.888. The lowest BCUT2D eigenvalue weighted by molar-refractivity contribution is -0.134. The average Bonchev–Trinajstić information content (AvgIpc) is 2.87. The maximum atomic E-state index is 12.2. The summed E-state index contributed by atoms with van der Waals surface area (Å²) in [6.45, 7) is 6.83. The normalized spacial score (nSPS) is 23.7. The van der Waals surface area contributed by atoms with Crippen molar-refractivity contribution in [1.29, 1.82) is 0 Å². The van der Waals surface area contributed by atoms with Gasteiger partial charge >= 0.3 is 0 Å². The topological polar surface area (TPSA) is 50.6 Å². The van der Waals surface area contributed by atoms with Crippen molar-refractivity contribution in [3.63, 3.8) is 0 Å². The van der Waals surface area contributed by atoms with E-state index in [1.54, 1.807) is 0 Å². The van der Waals surface area contributed by atoms with Gasteiger partial charge in [0, 0.05) is 32.4 Å². The number of rotatable bonds is 2. The van der Waals surface area contributed by atoms with E-state index < -0.39 is 0 Å². The Hall–Kier alpha value is -1.40. The van der Waals surface area contributed by atoms with Gasteiger partial charge < -0.3 is 14.2 Å². The highest BCUT2D eigenvalue weighted by atomic mass is 16.5. The zero-order chi connectivity index (χ0) is 14.1. The van der Waals surface area contributed by atoms with Crippen molar-refractivity contribution in [3.05, 3.63) is 17.7 Å². The second kappa shape index (κ2) is 5.54. The third-order valence-electron chi connectivity index (χ3n) is 4.28. The molecule has 0 saturated carbocycles. The van der Waals surface area contributed by atoms with Crippen LogP contribution in [0.4, 0.5) is 0 Å². The summed E-state index contributed by atoms with van der Waals surface area (Å²) in [7, 11) is 2.11. The van der Waals surface area contributed by atoms with Gasteiger partial charge in [-0.2, -0.15) is 0 Å². The fraction of sp³-hybridized carbons (Fsp3) is 0.714. The first-order valence-corrected chi connectivity index (χ1v) is 7.27. The van der Waals surface area contributed by atoms with Gasteiger partial charge in [0.2, 0.25) is 5.91 Å². The van der Waals surface area contributed by atoms with Crippen molar-refractivity contribution < 1.29 is 9.53 Å². The number of likely N-dealkylation sites (N-methyl/N-ethyl adjacent to an activating group) is 1. The lowest BCUT2D eigenvalue weighted by Gasteiger charge is -2.30. The molecule has 110 valence electrons. The lowest BCUT2D eigenvalue weighted by atomic mass is 10.2. The first kappa shape index (κ1) is 13.6. The largest absolute Gasteiger partial charge is 0.378 e. The van der Waals surface area contributed by atoms with Crippen LogP contribution in [0.3, 0.4) is 0 Å². The van der Waals surface area contributed by atoms with Gasteiger partial charge in [0.25, 0.3) is 0 Å². The van der Waals surface area contributed by atoms with Gasteiger partial charge in [-0.3, -0.25) is 9.69 Å². The van der Waals surface area contributed by atoms with Crippen LogP contribution in [0, 0.1) is 0 Å². The molecule has 1 atom stereocenters. The van der Waals surface area contributed by atoms with Crippen LogP contribution in [0.1, 0.15) is 24.5 Å². The number of carbonyl (C=O) groups is 1. The molecular weight excluding hydrogens is 256 g/mol. The van der Waals surface area contributed by atoms with Crippen LogP contribution in [0.25, 0.3) is 0 Å². The number of hydrogen-bond donors (Lipinski definition) is 0. The number of ether oxygens (including phenoxy) is 1. The summed E-state index contributed by atoms with van der Waals surface area (Å²) in [5, 5.41) is 0. The number of morpholine rings is 1. The van der Waals surface area contributed by atoms with Crippen LogP contribution in [-0.2, 0) is 22.5 Å². The Morgan fingerprint density at radius 3 is 2.85 bits per heavy atom. The lowest BCUT2D eigenvalue weighted by Crippen LogP contribution is -2.41. The van der Waals surface area contributed by atoms with Crippen molar-refractivity contribution >= 4 is 5.91 Å². The summed E-state index contributed by atoms with van der Waals surface area (Å²) in [4.78, 5) is 21.1. The molecule has 0 radical (unpaired) electrons. The SMILES string of the molecule is CC1c2nc(CC(=O)N3CCOCC3)cn2CCN1C. The van der Waals surface area contributed by atoms with E-state index in [1.165, 1.54) is 0 Å². The molecule has 3 rings (SSSR count). The number of nitrogens with zero attached hydrogens (tertiary/aromatic N) is 4. The van der Waals surface area contributed by atoms with E-state index >= 15 is 0 Å². The molecule has 1 unspecified atom stereocenters. The van der Waals surface area contributed by atoms with E-state index in [-0.39, 0.29) is 5.91 Å². The number of aromatic nitrogens is 2. The summed E-state index contributed by atoms with van der Waals surface area (Å²) < 4.78 is 7.46. The Kier molecular flexibility index (Phi) is 3.76. The van der Waals surface area contributed by atoms with Gasteiger partial charge in [0.05, 0.1) is 31.4 Å². The van der Waals surface area contributed by atoms with Gasteiger partial charge in [-0.1, -0.05) is 0 Å². The molecular formula is C14H22N4O2. The highest BCUT2D eigenvalue weighted by Crippen LogP contribution is 2.23. The van der Waals surface area contributed by atoms with Crippen LogP contribution in [0.15, 0.2) is 6.20 Å². The second-order valence-corrected chi connectivity index (χ2v) is 5.61. The molecule has 2 aliphatic heterocycles. The minimum absolute atomic E-state index is 0.157. The first-order chi connectivity index (χ1) is 9.65. The smallest absolute Gasteiger partial charge is 0.228 e. The minimum Gasteiger partial charge on any atom is -0.378 e. The molecule has 3 heterocycles. The third-order valence-corrected chi connectivity index (χ3v) is 4.28. The maximum absolute atomic E-state index is 12.2. The van der Waals surface area contributed by atoms with E-state index in [2.05, 4.69) is 28.4 Å². The number of amides is 1. The molecule has 1 amide bonds. The molecule has 0 N–H and O–H groups in total. The molecule has 6 heteroatoms. The zero-order valence-corrected chi connectivity index (χ0v) is 12.2. The van der Waals surface area contributed by atoms with Crippen LogP contribution in [0.5, 0.6) is 0 Å². The van der Waals surface area contributed by atoms with Gasteiger partial charge in [-0.05, 0) is 14.0 Å². The van der Waals surface area contributed by atoms with Crippen molar-refractivity contribution in [2.45, 2.75) is 25.9 Å². The Morgan fingerprint density at radius 1 is 1.35 bits per heavy atom. The highest BCUT2D eigenvalue weighted by molar-refractivity contribution is 5.78. The van der Waals surface area contributed by atoms with Gasteiger partial charge in [0.1, 0.15) is 5.82 Å². The van der Waals surface area contributed by atoms with E-state index in [1.807, 2.05) is 11.1 Å². The van der Waals surface area contributed by atoms with E-state index in [9.17, 15) is 4.79 Å². The summed E-state index contributed by atoms with van der Waals surface area (Å²) >= 11 is 0. The van der Waals surface area contributed by atoms with Gasteiger partial charge in [-0.15, -0.1) is 0 Å². The number of carbonyl (C=O) groups excluding carboxylic acids is 1. The molecule has 2 aliphatic rings. The minimum atomic E-state index is 0.157. The molecule has 1 aromatic heterocycles. The van der Waals surface area contributed by atoms with E-state index in [0.29, 0.717) is 38.8 Å². The standard InChI is InChI=1S/C14H22N4O2/c1-11-14-15-12(10-18(14)4-3-16(11)2)9-13(19)17-5-7-20-8-6-17/h10-11H,3-9H2,1-2H3. The molecule has 20 heavy (non-hydrogen) atoms. The zero-order valence-electron chi connectivity index (χ0n) is 12.2. The van der Waals surface area contributed by atoms with Crippen LogP contribution in [0.2, 0.25) is 0 Å². The molecule has 1 aromatic rings. The molecule has 0 spiro atoms. The molecule has 0 aliphatic carbocycles. The second-order valence-electron chi connectivity index (χ2n) is 5.61. The summed E-state index contributed by atoms with van der Waals surface area (Å²) in [5.74, 6) is 1.23. The van der Waals surface area contributed by atoms with E-state index in [4.69, 9.17) is 4.74 Å². The third kappa shape index (κ3) is 2.58. The average molecular weight is 278 g/mol. The molecule has 6 nitrogen and oxygen atoms in total. The van der Waals surface area contributed by atoms with Gasteiger partial charge in [-0.25, -0.2) is 4.98 Å². The maximum Gasteiger partial charge on any atom is 0.228 e. The Labute approximate surface area is 119 Å². The molecule has 0 bridgehead atoms. The van der Waals surface area contributed by atoms with Gasteiger partial charge in [0.15, 0.2) is 0 Å². The predicted molar refractivity (Wildman–Crippen MR) is 74.4 cm³/mol. The molecule has 1 fully saturated rings. The van der Waals surface area contributed by atoms with Crippen molar-refractivity contribution in [1.82, 2.24) is 19.4 Å². The fourth-order valence-electron chi connectivity index (χ4n) is 2.82. The number of fused-ring (bicyclic) bond motifs is 1. The highest BCUT2D eigenvalue weighted by Gasteiger charge is 2.25. The van der Waals surface area contributed by atoms with Crippen molar-refractivity contribution in [2.24, 2.45) is 0 Å². The molecule has 0 aromatic carbocycles. The molecule has 1 saturated heterocycles. The van der Waals surface area contributed by atoms with E-state index in [0.717, 1.165) is 24.6 Å². The quantitative estimate of drug-likeness (QED) is 0.780. The van der Waals surface area contributed by atoms with Crippen molar-refractivity contribution in [3.8, 4) is 0 Å². The predicted octanol–water partition coefficient (Wildman–Crippen LogP) is 0.291. The van der Waals surface area contributed by atoms with Crippen LogP contribution >= 0.6 is 0 Å².